The van der Waals surface area contributed by atoms with Crippen molar-refractivity contribution in [2.24, 2.45) is 0 Å². The van der Waals surface area contributed by atoms with Crippen LogP contribution >= 0.6 is 0 Å². The van der Waals surface area contributed by atoms with Gasteiger partial charge in [0.25, 0.3) is 0 Å². The van der Waals surface area contributed by atoms with Crippen molar-refractivity contribution >= 4 is 0 Å². The van der Waals surface area contributed by atoms with Gasteiger partial charge in [-0.15, -0.1) is 0 Å². The molecule has 1 aliphatic heterocycles. The van der Waals surface area contributed by atoms with Crippen LogP contribution in [0.4, 0.5) is 0 Å². The summed E-state index contributed by atoms with van der Waals surface area (Å²) in [5.74, 6) is 0. The number of hydrogen-bond donors (Lipinski definition) is 2. The minimum atomic E-state index is 0.639. The van der Waals surface area contributed by atoms with Gasteiger partial charge in [-0.1, -0.05) is 12.8 Å². The summed E-state index contributed by atoms with van der Waals surface area (Å²) >= 11 is 0. The van der Waals surface area contributed by atoms with E-state index in [4.69, 9.17) is 0 Å². The molecule has 2 fully saturated rings. The highest BCUT2D eigenvalue weighted by Gasteiger charge is 2.33. The van der Waals surface area contributed by atoms with Gasteiger partial charge in [-0.3, -0.25) is 0 Å². The summed E-state index contributed by atoms with van der Waals surface area (Å²) in [5, 5.41) is 4.31. The van der Waals surface area contributed by atoms with Crippen molar-refractivity contribution in [3.63, 3.8) is 0 Å². The van der Waals surface area contributed by atoms with Gasteiger partial charge >= 0.3 is 0 Å². The van der Waals surface area contributed by atoms with E-state index in [9.17, 15) is 0 Å². The van der Waals surface area contributed by atoms with E-state index in [0.29, 0.717) is 12.1 Å². The maximum Gasteiger partial charge on any atom is 0.0423 e. The van der Waals surface area contributed by atoms with Gasteiger partial charge in [0.05, 0.1) is 0 Å². The summed E-state index contributed by atoms with van der Waals surface area (Å²) in [6.45, 7) is 0. The molecular formula is C8H18N4. The molecule has 0 bridgehead atoms. The second-order valence-corrected chi connectivity index (χ2v) is 3.81. The number of likely N-dealkylation sites (N-methyl/N-ethyl adjacent to an activating group) is 1. The molecule has 0 spiro atoms. The van der Waals surface area contributed by atoms with Crippen LogP contribution in [0, 0.1) is 0 Å². The Balaban J connectivity index is 2.03. The first-order valence-electron chi connectivity index (χ1n) is 4.76. The molecule has 12 heavy (non-hydrogen) atoms. The Kier molecular flexibility index (Phi) is 2.32. The summed E-state index contributed by atoms with van der Waals surface area (Å²) < 4.78 is 0. The Bertz CT molecular complexity index is 159. The van der Waals surface area contributed by atoms with E-state index in [-0.39, 0.29) is 0 Å². The molecule has 4 nitrogen and oxygen atoms in total. The molecule has 0 amide bonds. The normalized spacial score (nSPS) is 39.5. The number of rotatable bonds is 0. The molecule has 0 radical (unpaired) electrons. The van der Waals surface area contributed by atoms with Gasteiger partial charge in [0, 0.05) is 26.2 Å². The Labute approximate surface area is 73.8 Å². The quantitative estimate of drug-likeness (QED) is 0.540. The van der Waals surface area contributed by atoms with Crippen LogP contribution in [0.3, 0.4) is 0 Å². The first-order valence-corrected chi connectivity index (χ1v) is 4.76. The van der Waals surface area contributed by atoms with Crippen molar-refractivity contribution in [3.05, 3.63) is 0 Å². The monoisotopic (exact) mass is 170 g/mol. The fourth-order valence-electron chi connectivity index (χ4n) is 2.20. The van der Waals surface area contributed by atoms with E-state index in [1.54, 1.807) is 0 Å². The lowest BCUT2D eigenvalue weighted by Crippen LogP contribution is -2.69. The van der Waals surface area contributed by atoms with Gasteiger partial charge in [0.2, 0.25) is 0 Å². The van der Waals surface area contributed by atoms with Crippen LogP contribution in [-0.4, -0.2) is 36.3 Å². The summed E-state index contributed by atoms with van der Waals surface area (Å²) in [4.78, 5) is 0. The average Bonchev–Trinajstić information content (AvgIpc) is 2.12. The van der Waals surface area contributed by atoms with Gasteiger partial charge in [0.1, 0.15) is 0 Å². The minimum Gasteiger partial charge on any atom is -0.238 e. The average molecular weight is 170 g/mol. The van der Waals surface area contributed by atoms with E-state index in [1.807, 2.05) is 12.2 Å². The predicted molar refractivity (Wildman–Crippen MR) is 47.8 cm³/mol. The van der Waals surface area contributed by atoms with Crippen LogP contribution in [0.1, 0.15) is 25.7 Å². The van der Waals surface area contributed by atoms with Gasteiger partial charge in [-0.05, 0) is 12.8 Å². The minimum absolute atomic E-state index is 0.639. The summed E-state index contributed by atoms with van der Waals surface area (Å²) in [5.41, 5.74) is 6.48. The highest BCUT2D eigenvalue weighted by Crippen LogP contribution is 2.24. The summed E-state index contributed by atoms with van der Waals surface area (Å²) in [7, 11) is 4.19. The molecule has 70 valence electrons. The molecule has 2 atom stereocenters. The molecule has 1 saturated carbocycles. The van der Waals surface area contributed by atoms with Crippen LogP contribution in [-0.2, 0) is 0 Å². The molecule has 2 aliphatic rings. The zero-order valence-electron chi connectivity index (χ0n) is 7.88. The smallest absolute Gasteiger partial charge is 0.0423 e. The number of hydrazine groups is 3. The van der Waals surface area contributed by atoms with Crippen molar-refractivity contribution < 1.29 is 0 Å². The SMILES string of the molecule is CN1NNC2CCCCC2N1C. The summed E-state index contributed by atoms with van der Waals surface area (Å²) in [6, 6.07) is 1.32. The molecule has 1 saturated heterocycles. The largest absolute Gasteiger partial charge is 0.238 e. The zero-order valence-corrected chi connectivity index (χ0v) is 7.88. The zero-order chi connectivity index (χ0) is 8.55. The first-order chi connectivity index (χ1) is 5.79. The fraction of sp³-hybridized carbons (Fsp3) is 1.00. The molecule has 0 aromatic carbocycles. The third-order valence-electron chi connectivity index (χ3n) is 3.09. The standard InChI is InChI=1S/C8H18N4/c1-11-8-6-4-3-5-7(8)9-10-12(11)2/h7-10H,3-6H2,1-2H3. The van der Waals surface area contributed by atoms with Crippen molar-refractivity contribution in [3.8, 4) is 0 Å². The number of hydrogen-bond acceptors (Lipinski definition) is 4. The topological polar surface area (TPSA) is 30.5 Å². The van der Waals surface area contributed by atoms with E-state index in [2.05, 4.69) is 23.0 Å². The molecule has 2 rings (SSSR count). The van der Waals surface area contributed by atoms with E-state index in [0.717, 1.165) is 0 Å². The fourth-order valence-corrected chi connectivity index (χ4v) is 2.20. The molecule has 2 N–H and O–H groups in total. The molecule has 2 unspecified atom stereocenters. The van der Waals surface area contributed by atoms with E-state index >= 15 is 0 Å². The second-order valence-electron chi connectivity index (χ2n) is 3.81. The van der Waals surface area contributed by atoms with Gasteiger partial charge < -0.3 is 0 Å². The van der Waals surface area contributed by atoms with Gasteiger partial charge in [-0.2, -0.15) is 10.7 Å². The highest BCUT2D eigenvalue weighted by atomic mass is 15.9. The molecule has 4 heteroatoms. The summed E-state index contributed by atoms with van der Waals surface area (Å²) in [6.07, 6.45) is 5.37. The molecule has 0 aromatic heterocycles. The van der Waals surface area contributed by atoms with E-state index < -0.39 is 0 Å². The first kappa shape index (κ1) is 8.44. The number of fused-ring (bicyclic) bond motifs is 1. The second kappa shape index (κ2) is 3.30. The third kappa shape index (κ3) is 1.35. The Hall–Kier alpha value is -0.160. The highest BCUT2D eigenvalue weighted by molar-refractivity contribution is 4.86. The van der Waals surface area contributed by atoms with E-state index in [1.165, 1.54) is 25.7 Å². The van der Waals surface area contributed by atoms with Crippen LogP contribution in [0.15, 0.2) is 0 Å². The lowest BCUT2D eigenvalue weighted by molar-refractivity contribution is -0.133. The molecular weight excluding hydrogens is 152 g/mol. The van der Waals surface area contributed by atoms with Crippen molar-refractivity contribution in [1.29, 1.82) is 0 Å². The molecule has 1 aliphatic carbocycles. The van der Waals surface area contributed by atoms with Crippen molar-refractivity contribution in [1.82, 2.24) is 21.1 Å². The van der Waals surface area contributed by atoms with Crippen molar-refractivity contribution in [2.45, 2.75) is 37.8 Å². The number of nitrogens with zero attached hydrogens (tertiary/aromatic N) is 2. The lowest BCUT2D eigenvalue weighted by atomic mass is 9.90. The maximum absolute atomic E-state index is 3.34. The van der Waals surface area contributed by atoms with Crippen LogP contribution < -0.4 is 11.0 Å². The maximum atomic E-state index is 3.34. The Morgan fingerprint density at radius 3 is 2.75 bits per heavy atom. The molecule has 0 aromatic rings. The third-order valence-corrected chi connectivity index (χ3v) is 3.09. The van der Waals surface area contributed by atoms with Crippen LogP contribution in [0.25, 0.3) is 0 Å². The predicted octanol–water partition coefficient (Wildman–Crippen LogP) is 0.0990. The molecule has 1 heterocycles. The van der Waals surface area contributed by atoms with Gasteiger partial charge in [0.15, 0.2) is 0 Å². The van der Waals surface area contributed by atoms with Crippen LogP contribution in [0.2, 0.25) is 0 Å². The Morgan fingerprint density at radius 1 is 1.17 bits per heavy atom. The van der Waals surface area contributed by atoms with Crippen molar-refractivity contribution in [2.75, 3.05) is 14.1 Å². The number of nitrogens with one attached hydrogen (secondary N) is 2. The van der Waals surface area contributed by atoms with Crippen LogP contribution in [0.5, 0.6) is 0 Å². The lowest BCUT2D eigenvalue weighted by Gasteiger charge is -2.47. The Morgan fingerprint density at radius 2 is 1.92 bits per heavy atom. The van der Waals surface area contributed by atoms with Gasteiger partial charge in [-0.25, -0.2) is 10.4 Å².